The zero-order valence-corrected chi connectivity index (χ0v) is 16.6. The Kier molecular flexibility index (Phi) is 5.40. The number of benzene rings is 1. The Hall–Kier alpha value is -2.18. The molecule has 0 radical (unpaired) electrons. The second-order valence-corrected chi connectivity index (χ2v) is 7.83. The van der Waals surface area contributed by atoms with Crippen LogP contribution in [0.1, 0.15) is 45.7 Å². The van der Waals surface area contributed by atoms with Gasteiger partial charge in [0.05, 0.1) is 23.9 Å². The molecule has 1 aromatic carbocycles. The predicted octanol–water partition coefficient (Wildman–Crippen LogP) is 4.93. The van der Waals surface area contributed by atoms with Crippen molar-refractivity contribution in [1.82, 2.24) is 9.78 Å². The molecule has 1 aromatic heterocycles. The molecule has 0 amide bonds. The van der Waals surface area contributed by atoms with E-state index in [0.29, 0.717) is 12.1 Å². The molecule has 3 rings (SSSR count). The lowest BCUT2D eigenvalue weighted by Crippen LogP contribution is -2.41. The van der Waals surface area contributed by atoms with E-state index in [1.54, 1.807) is 17.8 Å². The van der Waals surface area contributed by atoms with Crippen molar-refractivity contribution in [2.75, 3.05) is 0 Å². The highest BCUT2D eigenvalue weighted by Gasteiger charge is 2.53. The van der Waals surface area contributed by atoms with Crippen molar-refractivity contribution in [2.24, 2.45) is 0 Å². The van der Waals surface area contributed by atoms with E-state index in [-0.39, 0.29) is 0 Å². The Bertz CT molecular complexity index is 840. The van der Waals surface area contributed by atoms with Crippen LogP contribution in [0.2, 0.25) is 0 Å². The van der Waals surface area contributed by atoms with Gasteiger partial charge in [0, 0.05) is 11.8 Å². The van der Waals surface area contributed by atoms with E-state index in [0.717, 1.165) is 11.1 Å². The quantitative estimate of drug-likeness (QED) is 0.703. The van der Waals surface area contributed by atoms with Crippen molar-refractivity contribution in [3.8, 4) is 0 Å². The molecule has 0 atom stereocenters. The van der Waals surface area contributed by atoms with E-state index in [1.165, 1.54) is 0 Å². The molecule has 1 saturated heterocycles. The number of allylic oxidation sites excluding steroid dienone is 2. The van der Waals surface area contributed by atoms with E-state index < -0.39 is 24.0 Å². The van der Waals surface area contributed by atoms with Crippen molar-refractivity contribution < 1.29 is 13.7 Å². The second kappa shape index (κ2) is 7.45. The molecule has 6 heteroatoms. The second-order valence-electron chi connectivity index (χ2n) is 7.83. The number of halogens is 1. The molecule has 0 N–H and O–H groups in total. The molecule has 0 saturated carbocycles. The van der Waals surface area contributed by atoms with Crippen LogP contribution in [0.3, 0.4) is 0 Å². The molecular formula is C21H26BFN2O2. The molecule has 2 heterocycles. The third kappa shape index (κ3) is 4.23. The summed E-state index contributed by atoms with van der Waals surface area (Å²) in [4.78, 5) is 0. The lowest BCUT2D eigenvalue weighted by atomic mass is 9.84. The minimum absolute atomic E-state index is 0.409. The number of hydrogen-bond donors (Lipinski definition) is 0. The van der Waals surface area contributed by atoms with E-state index in [1.807, 2.05) is 76.4 Å². The van der Waals surface area contributed by atoms with Crippen LogP contribution in [0.5, 0.6) is 0 Å². The number of rotatable bonds is 5. The Morgan fingerprint density at radius 1 is 1.15 bits per heavy atom. The summed E-state index contributed by atoms with van der Waals surface area (Å²) in [6, 6.07) is 10.1. The van der Waals surface area contributed by atoms with Gasteiger partial charge in [0.15, 0.2) is 0 Å². The van der Waals surface area contributed by atoms with Gasteiger partial charge in [-0.05, 0) is 45.8 Å². The maximum absolute atomic E-state index is 14.9. The number of aromatic nitrogens is 2. The number of hydrogen-bond acceptors (Lipinski definition) is 3. The molecule has 1 fully saturated rings. The van der Waals surface area contributed by atoms with Gasteiger partial charge in [-0.1, -0.05) is 42.5 Å². The van der Waals surface area contributed by atoms with E-state index in [9.17, 15) is 4.39 Å². The van der Waals surface area contributed by atoms with Crippen molar-refractivity contribution in [2.45, 2.75) is 52.4 Å². The smallest absolute Gasteiger partial charge is 0.398 e. The molecular weight excluding hydrogens is 342 g/mol. The monoisotopic (exact) mass is 368 g/mol. The zero-order chi connectivity index (χ0) is 19.7. The van der Waals surface area contributed by atoms with E-state index in [2.05, 4.69) is 5.10 Å². The van der Waals surface area contributed by atoms with Crippen LogP contribution in [0.15, 0.2) is 54.5 Å². The lowest BCUT2D eigenvalue weighted by molar-refractivity contribution is 0.00578. The average Bonchev–Trinajstić information content (AvgIpc) is 3.17. The van der Waals surface area contributed by atoms with Crippen LogP contribution in [-0.2, 0) is 15.9 Å². The minimum Gasteiger partial charge on any atom is -0.398 e. The summed E-state index contributed by atoms with van der Waals surface area (Å²) >= 11 is 0. The molecule has 0 unspecified atom stereocenters. The Morgan fingerprint density at radius 3 is 2.41 bits per heavy atom. The standard InChI is InChI=1S/C21H26BFN2O2/c1-16(19(23)22-26-20(2,3)21(4,5)27-22)18-14-24-25(15-18)13-9-12-17-10-7-6-8-11-17/h6-12,14-15H,13H2,1-5H3/b12-9+,19-16?. The summed E-state index contributed by atoms with van der Waals surface area (Å²) in [7, 11) is -0.990. The lowest BCUT2D eigenvalue weighted by Gasteiger charge is -2.32. The fourth-order valence-electron chi connectivity index (χ4n) is 2.78. The Labute approximate surface area is 160 Å². The predicted molar refractivity (Wildman–Crippen MR) is 107 cm³/mol. The third-order valence-electron chi connectivity index (χ3n) is 5.29. The molecule has 2 aromatic rings. The molecule has 142 valence electrons. The topological polar surface area (TPSA) is 36.3 Å². The normalized spacial score (nSPS) is 19.6. The molecule has 0 bridgehead atoms. The van der Waals surface area contributed by atoms with Crippen molar-refractivity contribution in [3.63, 3.8) is 0 Å². The zero-order valence-electron chi connectivity index (χ0n) is 16.6. The van der Waals surface area contributed by atoms with Gasteiger partial charge < -0.3 is 9.31 Å². The van der Waals surface area contributed by atoms with Crippen molar-refractivity contribution in [1.29, 1.82) is 0 Å². The Morgan fingerprint density at radius 2 is 1.78 bits per heavy atom. The van der Waals surface area contributed by atoms with Crippen LogP contribution in [0, 0.1) is 0 Å². The fraction of sp³-hybridized carbons (Fsp3) is 0.381. The van der Waals surface area contributed by atoms with Crippen molar-refractivity contribution >= 4 is 18.8 Å². The van der Waals surface area contributed by atoms with Crippen LogP contribution in [-0.4, -0.2) is 28.1 Å². The van der Waals surface area contributed by atoms with Crippen LogP contribution in [0.4, 0.5) is 4.39 Å². The fourth-order valence-corrected chi connectivity index (χ4v) is 2.78. The first kappa shape index (κ1) is 19.6. The van der Waals surface area contributed by atoms with Crippen LogP contribution < -0.4 is 0 Å². The molecule has 0 aliphatic carbocycles. The van der Waals surface area contributed by atoms with Gasteiger partial charge in [0.2, 0.25) is 0 Å². The molecule has 4 nitrogen and oxygen atoms in total. The summed E-state index contributed by atoms with van der Waals surface area (Å²) in [6.07, 6.45) is 7.55. The molecule has 0 spiro atoms. The summed E-state index contributed by atoms with van der Waals surface area (Å²) in [5.41, 5.74) is 0.784. The first-order chi connectivity index (χ1) is 12.7. The summed E-state index contributed by atoms with van der Waals surface area (Å²) in [5.74, 6) is 0. The highest BCUT2D eigenvalue weighted by molar-refractivity contribution is 6.55. The van der Waals surface area contributed by atoms with Crippen molar-refractivity contribution in [3.05, 3.63) is 65.7 Å². The first-order valence-corrected chi connectivity index (χ1v) is 9.16. The van der Waals surface area contributed by atoms with Gasteiger partial charge in [-0.25, -0.2) is 4.39 Å². The summed E-state index contributed by atoms with van der Waals surface area (Å²) in [5, 5.41) is 4.32. The van der Waals surface area contributed by atoms with Crippen LogP contribution >= 0.6 is 0 Å². The van der Waals surface area contributed by atoms with E-state index >= 15 is 0 Å². The summed E-state index contributed by atoms with van der Waals surface area (Å²) in [6.45, 7) is 9.97. The molecule has 27 heavy (non-hydrogen) atoms. The maximum atomic E-state index is 14.9. The van der Waals surface area contributed by atoms with Gasteiger partial charge in [-0.3, -0.25) is 4.68 Å². The summed E-state index contributed by atoms with van der Waals surface area (Å²) < 4.78 is 28.3. The highest BCUT2D eigenvalue weighted by atomic mass is 19.1. The van der Waals surface area contributed by atoms with Gasteiger partial charge in [-0.15, -0.1) is 0 Å². The average molecular weight is 368 g/mol. The highest BCUT2D eigenvalue weighted by Crippen LogP contribution is 2.40. The maximum Gasteiger partial charge on any atom is 0.525 e. The first-order valence-electron chi connectivity index (χ1n) is 9.16. The molecule has 1 aliphatic rings. The SMILES string of the molecule is CC(=C(F)B1OC(C)(C)C(C)(C)O1)c1cnn(C/C=C/c2ccccc2)c1. The van der Waals surface area contributed by atoms with Crippen LogP contribution in [0.25, 0.3) is 11.6 Å². The largest absolute Gasteiger partial charge is 0.525 e. The van der Waals surface area contributed by atoms with Gasteiger partial charge >= 0.3 is 7.12 Å². The Balaban J connectivity index is 1.70. The van der Waals surface area contributed by atoms with E-state index in [4.69, 9.17) is 9.31 Å². The minimum atomic E-state index is -0.990. The number of nitrogens with zero attached hydrogens (tertiary/aromatic N) is 2. The van der Waals surface area contributed by atoms with Gasteiger partial charge in [-0.2, -0.15) is 5.10 Å². The van der Waals surface area contributed by atoms with Gasteiger partial charge in [0.1, 0.15) is 5.73 Å². The third-order valence-corrected chi connectivity index (χ3v) is 5.29. The van der Waals surface area contributed by atoms with Gasteiger partial charge in [0.25, 0.3) is 0 Å². The molecule has 1 aliphatic heterocycles.